The van der Waals surface area contributed by atoms with Crippen LogP contribution in [0.3, 0.4) is 0 Å². The second-order valence-corrected chi connectivity index (χ2v) is 4.70. The van der Waals surface area contributed by atoms with Gasteiger partial charge in [-0.2, -0.15) is 0 Å². The maximum atomic E-state index is 3.40. The van der Waals surface area contributed by atoms with E-state index in [0.717, 1.165) is 25.7 Å². The average Bonchev–Trinajstić information content (AvgIpc) is 3.11. The molecule has 16 heavy (non-hydrogen) atoms. The Bertz CT molecular complexity index is 331. The molecule has 1 fully saturated rings. The van der Waals surface area contributed by atoms with Gasteiger partial charge in [0, 0.05) is 19.1 Å². The van der Waals surface area contributed by atoms with E-state index in [4.69, 9.17) is 0 Å². The highest BCUT2D eigenvalue weighted by molar-refractivity contribution is 5.27. The molecule has 0 aliphatic heterocycles. The fourth-order valence-electron chi connectivity index (χ4n) is 2.06. The van der Waals surface area contributed by atoms with Crippen LogP contribution < -0.4 is 5.32 Å². The standard InChI is InChI=1S/C14H22N2/c1-3-15-10-12-6-4-5-7-13(12)11-16(2)14-8-9-14/h4-7,14-15H,3,8-11H2,1-2H3. The third-order valence-electron chi connectivity index (χ3n) is 3.27. The maximum absolute atomic E-state index is 3.40. The van der Waals surface area contributed by atoms with E-state index in [0.29, 0.717) is 0 Å². The van der Waals surface area contributed by atoms with Crippen LogP contribution in [-0.2, 0) is 13.1 Å². The Morgan fingerprint density at radius 1 is 1.25 bits per heavy atom. The van der Waals surface area contributed by atoms with Crippen LogP contribution in [0.2, 0.25) is 0 Å². The lowest BCUT2D eigenvalue weighted by Gasteiger charge is -2.18. The van der Waals surface area contributed by atoms with Crippen molar-refractivity contribution in [3.8, 4) is 0 Å². The van der Waals surface area contributed by atoms with Gasteiger partial charge in [-0.3, -0.25) is 4.90 Å². The van der Waals surface area contributed by atoms with Gasteiger partial charge in [0.05, 0.1) is 0 Å². The van der Waals surface area contributed by atoms with Crippen LogP contribution in [0.5, 0.6) is 0 Å². The van der Waals surface area contributed by atoms with Gasteiger partial charge in [0.25, 0.3) is 0 Å². The molecular weight excluding hydrogens is 196 g/mol. The van der Waals surface area contributed by atoms with Crippen molar-refractivity contribution in [2.24, 2.45) is 0 Å². The van der Waals surface area contributed by atoms with E-state index >= 15 is 0 Å². The maximum Gasteiger partial charge on any atom is 0.0236 e. The molecule has 0 spiro atoms. The van der Waals surface area contributed by atoms with Gasteiger partial charge < -0.3 is 5.32 Å². The van der Waals surface area contributed by atoms with Crippen molar-refractivity contribution in [2.75, 3.05) is 13.6 Å². The van der Waals surface area contributed by atoms with Gasteiger partial charge >= 0.3 is 0 Å². The van der Waals surface area contributed by atoms with Gasteiger partial charge in [0.2, 0.25) is 0 Å². The molecule has 0 heterocycles. The second-order valence-electron chi connectivity index (χ2n) is 4.70. The molecule has 2 heteroatoms. The van der Waals surface area contributed by atoms with Crippen LogP contribution in [0.4, 0.5) is 0 Å². The van der Waals surface area contributed by atoms with Gasteiger partial charge in [-0.1, -0.05) is 31.2 Å². The zero-order valence-electron chi connectivity index (χ0n) is 10.4. The molecule has 1 N–H and O–H groups in total. The molecule has 0 aromatic heterocycles. The van der Waals surface area contributed by atoms with Crippen molar-refractivity contribution in [3.05, 3.63) is 35.4 Å². The quantitative estimate of drug-likeness (QED) is 0.788. The molecule has 2 nitrogen and oxygen atoms in total. The first-order valence-corrected chi connectivity index (χ1v) is 6.29. The Hall–Kier alpha value is -0.860. The summed E-state index contributed by atoms with van der Waals surface area (Å²) in [6, 6.07) is 9.61. The van der Waals surface area contributed by atoms with Crippen LogP contribution in [0.15, 0.2) is 24.3 Å². The van der Waals surface area contributed by atoms with E-state index in [1.54, 1.807) is 0 Å². The Morgan fingerprint density at radius 3 is 2.56 bits per heavy atom. The first-order chi connectivity index (χ1) is 7.81. The lowest BCUT2D eigenvalue weighted by molar-refractivity contribution is 0.315. The molecule has 2 rings (SSSR count). The number of nitrogens with zero attached hydrogens (tertiary/aromatic N) is 1. The lowest BCUT2D eigenvalue weighted by atomic mass is 10.1. The molecule has 1 aliphatic carbocycles. The summed E-state index contributed by atoms with van der Waals surface area (Å²) in [6.45, 7) is 5.27. The van der Waals surface area contributed by atoms with E-state index in [-0.39, 0.29) is 0 Å². The van der Waals surface area contributed by atoms with E-state index in [9.17, 15) is 0 Å². The number of hydrogen-bond donors (Lipinski definition) is 1. The second kappa shape index (κ2) is 5.46. The Balaban J connectivity index is 2.00. The van der Waals surface area contributed by atoms with E-state index in [2.05, 4.69) is 48.5 Å². The molecule has 1 aliphatic rings. The highest BCUT2D eigenvalue weighted by Gasteiger charge is 2.26. The summed E-state index contributed by atoms with van der Waals surface area (Å²) in [6.07, 6.45) is 2.76. The molecule has 0 radical (unpaired) electrons. The molecule has 0 amide bonds. The number of rotatable bonds is 6. The van der Waals surface area contributed by atoms with Gasteiger partial charge in [-0.05, 0) is 37.6 Å². The summed E-state index contributed by atoms with van der Waals surface area (Å²) >= 11 is 0. The third-order valence-corrected chi connectivity index (χ3v) is 3.27. The molecule has 1 saturated carbocycles. The molecule has 1 aromatic carbocycles. The van der Waals surface area contributed by atoms with Gasteiger partial charge in [0.1, 0.15) is 0 Å². The van der Waals surface area contributed by atoms with Crippen LogP contribution in [0, 0.1) is 0 Å². The summed E-state index contributed by atoms with van der Waals surface area (Å²) in [5.41, 5.74) is 2.91. The number of hydrogen-bond acceptors (Lipinski definition) is 2. The molecule has 0 atom stereocenters. The summed E-state index contributed by atoms with van der Waals surface area (Å²) in [7, 11) is 2.24. The third kappa shape index (κ3) is 3.06. The Morgan fingerprint density at radius 2 is 1.94 bits per heavy atom. The van der Waals surface area contributed by atoms with Crippen molar-refractivity contribution >= 4 is 0 Å². The molecule has 88 valence electrons. The van der Waals surface area contributed by atoms with Crippen LogP contribution >= 0.6 is 0 Å². The Labute approximate surface area is 98.7 Å². The molecule has 0 unspecified atom stereocenters. The Kier molecular flexibility index (Phi) is 3.97. The van der Waals surface area contributed by atoms with E-state index in [1.807, 2.05) is 0 Å². The highest BCUT2D eigenvalue weighted by Crippen LogP contribution is 2.27. The summed E-state index contributed by atoms with van der Waals surface area (Å²) < 4.78 is 0. The topological polar surface area (TPSA) is 15.3 Å². The summed E-state index contributed by atoms with van der Waals surface area (Å²) in [5.74, 6) is 0. The van der Waals surface area contributed by atoms with Crippen LogP contribution in [-0.4, -0.2) is 24.5 Å². The van der Waals surface area contributed by atoms with Crippen molar-refractivity contribution < 1.29 is 0 Å². The lowest BCUT2D eigenvalue weighted by Crippen LogP contribution is -2.22. The summed E-state index contributed by atoms with van der Waals surface area (Å²) in [4.78, 5) is 2.48. The number of benzene rings is 1. The minimum Gasteiger partial charge on any atom is -0.313 e. The van der Waals surface area contributed by atoms with Gasteiger partial charge in [0.15, 0.2) is 0 Å². The zero-order chi connectivity index (χ0) is 11.4. The van der Waals surface area contributed by atoms with Crippen molar-refractivity contribution in [3.63, 3.8) is 0 Å². The van der Waals surface area contributed by atoms with Crippen molar-refractivity contribution in [1.82, 2.24) is 10.2 Å². The smallest absolute Gasteiger partial charge is 0.0236 e. The SMILES string of the molecule is CCNCc1ccccc1CN(C)C1CC1. The van der Waals surface area contributed by atoms with Gasteiger partial charge in [-0.25, -0.2) is 0 Å². The normalized spacial score (nSPS) is 15.7. The fraction of sp³-hybridized carbons (Fsp3) is 0.571. The predicted molar refractivity (Wildman–Crippen MR) is 68.3 cm³/mol. The fourth-order valence-corrected chi connectivity index (χ4v) is 2.06. The molecule has 0 saturated heterocycles. The number of nitrogens with one attached hydrogen (secondary N) is 1. The van der Waals surface area contributed by atoms with Crippen molar-refractivity contribution in [1.29, 1.82) is 0 Å². The molecular formula is C14H22N2. The highest BCUT2D eigenvalue weighted by atomic mass is 15.1. The predicted octanol–water partition coefficient (Wildman–Crippen LogP) is 2.39. The molecule has 1 aromatic rings. The summed E-state index contributed by atoms with van der Waals surface area (Å²) in [5, 5.41) is 3.40. The average molecular weight is 218 g/mol. The van der Waals surface area contributed by atoms with Gasteiger partial charge in [-0.15, -0.1) is 0 Å². The largest absolute Gasteiger partial charge is 0.313 e. The molecule has 0 bridgehead atoms. The zero-order valence-corrected chi connectivity index (χ0v) is 10.4. The van der Waals surface area contributed by atoms with Crippen LogP contribution in [0.1, 0.15) is 30.9 Å². The first-order valence-electron chi connectivity index (χ1n) is 6.29. The first kappa shape index (κ1) is 11.6. The monoisotopic (exact) mass is 218 g/mol. The van der Waals surface area contributed by atoms with Crippen LogP contribution in [0.25, 0.3) is 0 Å². The van der Waals surface area contributed by atoms with Crippen molar-refractivity contribution in [2.45, 2.75) is 38.9 Å². The minimum absolute atomic E-state index is 0.840. The van der Waals surface area contributed by atoms with E-state index in [1.165, 1.54) is 24.0 Å². The van der Waals surface area contributed by atoms with E-state index < -0.39 is 0 Å². The minimum atomic E-state index is 0.840.